The largest absolute Gasteiger partial charge is 0.454 e. The summed E-state index contributed by atoms with van der Waals surface area (Å²) < 4.78 is 9.72. The number of anilines is 7. The van der Waals surface area contributed by atoms with Gasteiger partial charge in [0.15, 0.2) is 5.58 Å². The van der Waals surface area contributed by atoms with Gasteiger partial charge in [0.25, 0.3) is 6.71 Å². The maximum absolute atomic E-state index is 7.08. The van der Waals surface area contributed by atoms with Gasteiger partial charge >= 0.3 is 0 Å². The predicted molar refractivity (Wildman–Crippen MR) is 357 cm³/mol. The molecule has 16 rings (SSSR count). The van der Waals surface area contributed by atoms with Crippen molar-refractivity contribution < 1.29 is 4.42 Å². The van der Waals surface area contributed by atoms with Crippen molar-refractivity contribution in [2.75, 3.05) is 14.7 Å². The van der Waals surface area contributed by atoms with E-state index in [2.05, 4.69) is 267 Å². The van der Waals surface area contributed by atoms with Gasteiger partial charge in [-0.05, 0) is 172 Å². The molecule has 84 heavy (non-hydrogen) atoms. The number of nitrogens with zero attached hydrogens (tertiary/aromatic N) is 4. The predicted octanol–water partition coefficient (Wildman–Crippen LogP) is 19.2. The highest BCUT2D eigenvalue weighted by Gasteiger charge is 2.60. The van der Waals surface area contributed by atoms with Crippen LogP contribution in [0.4, 0.5) is 39.8 Å². The third kappa shape index (κ3) is 6.80. The lowest BCUT2D eigenvalue weighted by Gasteiger charge is -2.51. The zero-order chi connectivity index (χ0) is 58.0. The molecular formula is C78H81BN4O. The Kier molecular flexibility index (Phi) is 10.6. The molecule has 6 aliphatic rings. The number of hydrogen-bond acceptors (Lipinski definition) is 4. The van der Waals surface area contributed by atoms with E-state index in [-0.39, 0.29) is 44.9 Å². The average molecular weight is 1100 g/mol. The molecule has 2 fully saturated rings. The highest BCUT2D eigenvalue weighted by Crippen LogP contribution is 2.64. The Hall–Kier alpha value is -7.44. The molecule has 4 atom stereocenters. The van der Waals surface area contributed by atoms with Crippen molar-refractivity contribution in [2.45, 2.75) is 180 Å². The molecule has 0 spiro atoms. The molecule has 8 aromatic carbocycles. The summed E-state index contributed by atoms with van der Waals surface area (Å²) in [6, 6.07) is 62.4. The molecule has 10 aromatic rings. The number of furan rings is 1. The lowest BCUT2D eigenvalue weighted by Crippen LogP contribution is -2.61. The summed E-state index contributed by atoms with van der Waals surface area (Å²) in [4.78, 5) is 8.40. The number of hydrogen-bond donors (Lipinski definition) is 0. The first-order valence-electron chi connectivity index (χ1n) is 31.7. The van der Waals surface area contributed by atoms with Gasteiger partial charge in [0, 0.05) is 67.0 Å². The smallest absolute Gasteiger partial charge is 0.252 e. The molecule has 0 saturated heterocycles. The fraction of sp³-hybridized carbons (Fsp3) is 0.359. The summed E-state index contributed by atoms with van der Waals surface area (Å²) in [5, 5.41) is 2.31. The zero-order valence-corrected chi connectivity index (χ0v) is 51.9. The summed E-state index contributed by atoms with van der Waals surface area (Å²) in [6.45, 7) is 31.7. The van der Waals surface area contributed by atoms with Crippen LogP contribution in [0.2, 0.25) is 0 Å². The number of fused-ring (bicyclic) bond motifs is 15. The molecule has 6 heterocycles. The van der Waals surface area contributed by atoms with Crippen LogP contribution in [0.3, 0.4) is 0 Å². The van der Waals surface area contributed by atoms with Crippen LogP contribution in [-0.4, -0.2) is 22.4 Å². The van der Waals surface area contributed by atoms with Crippen molar-refractivity contribution in [2.24, 2.45) is 0 Å². The number of para-hydroxylation sites is 2. The van der Waals surface area contributed by atoms with E-state index in [4.69, 9.17) is 4.42 Å². The second-order valence-electron chi connectivity index (χ2n) is 30.4. The zero-order valence-electron chi connectivity index (χ0n) is 51.9. The Labute approximate surface area is 498 Å². The molecule has 4 unspecified atom stereocenters. The molecule has 422 valence electrons. The quantitative estimate of drug-likeness (QED) is 0.164. The van der Waals surface area contributed by atoms with Gasteiger partial charge in [-0.25, -0.2) is 0 Å². The Balaban J connectivity index is 1.05. The van der Waals surface area contributed by atoms with E-state index in [0.717, 1.165) is 41.3 Å². The molecule has 2 aliphatic carbocycles. The molecule has 5 nitrogen and oxygen atoms in total. The van der Waals surface area contributed by atoms with E-state index in [9.17, 15) is 0 Å². The first kappa shape index (κ1) is 52.1. The van der Waals surface area contributed by atoms with Gasteiger partial charge in [-0.1, -0.05) is 193 Å². The van der Waals surface area contributed by atoms with E-state index >= 15 is 0 Å². The van der Waals surface area contributed by atoms with Crippen LogP contribution in [0.1, 0.15) is 169 Å². The second-order valence-corrected chi connectivity index (χ2v) is 30.4. The SMILES string of the molecule is CC(C)(C)c1ccc(N2c3cc(N4c5ccc(C(C)(C)C)cc5C5(C)CCCCC45C)ccc3B3c4c2cc(N2c5ccc(C(C)(C)C)cc5C5(C)CCCCC25C)cc4-n2c4c3cccc4c3oc4ccccc4c32)c(-c2ccccc2)c1. The van der Waals surface area contributed by atoms with Crippen LogP contribution < -0.4 is 31.1 Å². The molecule has 2 aromatic heterocycles. The summed E-state index contributed by atoms with van der Waals surface area (Å²) in [5.74, 6) is 0. The van der Waals surface area contributed by atoms with Crippen molar-refractivity contribution in [1.29, 1.82) is 0 Å². The molecule has 0 N–H and O–H groups in total. The van der Waals surface area contributed by atoms with Crippen molar-refractivity contribution in [1.82, 2.24) is 4.57 Å². The summed E-state index contributed by atoms with van der Waals surface area (Å²) in [6.07, 6.45) is 9.48. The Bertz CT molecular complexity index is 4450. The Morgan fingerprint density at radius 2 is 0.964 bits per heavy atom. The molecular weight excluding hydrogens is 1020 g/mol. The van der Waals surface area contributed by atoms with E-state index in [1.807, 2.05) is 0 Å². The van der Waals surface area contributed by atoms with Crippen LogP contribution >= 0.6 is 0 Å². The van der Waals surface area contributed by atoms with Crippen LogP contribution in [0.25, 0.3) is 49.8 Å². The summed E-state index contributed by atoms with van der Waals surface area (Å²) in [5.41, 5.74) is 27.6. The number of benzene rings is 8. The van der Waals surface area contributed by atoms with Crippen LogP contribution in [0, 0.1) is 0 Å². The minimum atomic E-state index is -0.188. The highest BCUT2D eigenvalue weighted by atomic mass is 16.3. The standard InChI is InChI=1S/C78H81BN4O/c1-72(2,3)49-30-35-61(56(42-49)48-24-15-14-16-25-48)80-64-45-52(82-62-36-31-50(73(4,5)6)43-57(62)75(10)38-19-21-40-77(75,82)12)33-34-59(64)79-60-28-23-27-55-69(60)81(70-54-26-17-18-29-67(54)84-71(55)70)66-47-53(46-65(80)68(66)79)83-63-37-32-51(74(7,8)9)44-58(63)76(11)39-20-22-41-78(76,83)13/h14-18,23-37,42-47H,19-22,38-41H2,1-13H3. The third-order valence-electron chi connectivity index (χ3n) is 22.7. The van der Waals surface area contributed by atoms with Gasteiger partial charge in [0.05, 0.1) is 22.3 Å². The molecule has 0 amide bonds. The molecule has 4 aliphatic heterocycles. The van der Waals surface area contributed by atoms with Crippen molar-refractivity contribution in [3.05, 3.63) is 186 Å². The van der Waals surface area contributed by atoms with E-state index in [0.29, 0.717) is 0 Å². The van der Waals surface area contributed by atoms with Crippen LogP contribution in [0.15, 0.2) is 162 Å². The minimum Gasteiger partial charge on any atom is -0.454 e. The Morgan fingerprint density at radius 3 is 1.60 bits per heavy atom. The monoisotopic (exact) mass is 1100 g/mol. The normalized spacial score (nSPS) is 23.2. The third-order valence-corrected chi connectivity index (χ3v) is 22.7. The molecule has 6 heteroatoms. The van der Waals surface area contributed by atoms with Gasteiger partial charge in [0.1, 0.15) is 11.1 Å². The van der Waals surface area contributed by atoms with Gasteiger partial charge in [-0.2, -0.15) is 0 Å². The van der Waals surface area contributed by atoms with E-state index in [1.54, 1.807) is 0 Å². The first-order chi connectivity index (χ1) is 40.0. The topological polar surface area (TPSA) is 27.8 Å². The highest BCUT2D eigenvalue weighted by molar-refractivity contribution is 7.00. The fourth-order valence-electron chi connectivity index (χ4n) is 17.7. The Morgan fingerprint density at radius 1 is 0.429 bits per heavy atom. The second kappa shape index (κ2) is 17.1. The van der Waals surface area contributed by atoms with Gasteiger partial charge < -0.3 is 23.7 Å². The minimum absolute atomic E-state index is 0.0199. The van der Waals surface area contributed by atoms with Gasteiger partial charge in [0.2, 0.25) is 0 Å². The number of rotatable bonds is 4. The summed E-state index contributed by atoms with van der Waals surface area (Å²) >= 11 is 0. The first-order valence-corrected chi connectivity index (χ1v) is 31.7. The van der Waals surface area contributed by atoms with Gasteiger partial charge in [-0.3, -0.25) is 0 Å². The summed E-state index contributed by atoms with van der Waals surface area (Å²) in [7, 11) is 0. The van der Waals surface area contributed by atoms with Crippen molar-refractivity contribution in [3.8, 4) is 16.8 Å². The maximum Gasteiger partial charge on any atom is 0.252 e. The maximum atomic E-state index is 7.08. The fourth-order valence-corrected chi connectivity index (χ4v) is 17.7. The van der Waals surface area contributed by atoms with Crippen molar-refractivity contribution >= 4 is 95.9 Å². The average Bonchev–Trinajstić information content (AvgIpc) is 1.41. The van der Waals surface area contributed by atoms with Crippen LogP contribution in [0.5, 0.6) is 0 Å². The van der Waals surface area contributed by atoms with Gasteiger partial charge in [-0.15, -0.1) is 0 Å². The number of aromatic nitrogens is 1. The molecule has 2 saturated carbocycles. The lowest BCUT2D eigenvalue weighted by molar-refractivity contribution is 0.195. The van der Waals surface area contributed by atoms with Crippen molar-refractivity contribution in [3.63, 3.8) is 0 Å². The van der Waals surface area contributed by atoms with E-state index < -0.39 is 0 Å². The lowest BCUT2D eigenvalue weighted by atomic mass is 9.33. The van der Waals surface area contributed by atoms with E-state index in [1.165, 1.54) is 144 Å². The molecule has 0 radical (unpaired) electrons. The molecule has 0 bridgehead atoms. The van der Waals surface area contributed by atoms with Crippen LogP contribution in [-0.2, 0) is 27.1 Å².